The van der Waals surface area contributed by atoms with Crippen LogP contribution < -0.4 is 9.80 Å². The summed E-state index contributed by atoms with van der Waals surface area (Å²) in [6, 6.07) is 109. The van der Waals surface area contributed by atoms with Crippen LogP contribution in [0.3, 0.4) is 0 Å². The second kappa shape index (κ2) is 20.4. The molecular formula is C83H52F2N2O. The molecule has 15 aromatic rings. The maximum Gasteiger partial charge on any atom is 0.145 e. The van der Waals surface area contributed by atoms with Crippen LogP contribution in [0.25, 0.3) is 99.5 Å². The molecule has 0 bridgehead atoms. The minimum Gasteiger partial charge on any atom is -0.455 e. The van der Waals surface area contributed by atoms with E-state index in [1.54, 1.807) is 24.3 Å². The Kier molecular flexibility index (Phi) is 11.8. The molecule has 0 N–H and O–H groups in total. The van der Waals surface area contributed by atoms with Gasteiger partial charge in [0.25, 0.3) is 0 Å². The van der Waals surface area contributed by atoms with Crippen LogP contribution in [-0.2, 0) is 5.41 Å². The van der Waals surface area contributed by atoms with E-state index >= 15 is 8.78 Å². The summed E-state index contributed by atoms with van der Waals surface area (Å²) in [6.45, 7) is 0. The van der Waals surface area contributed by atoms with Gasteiger partial charge >= 0.3 is 0 Å². The van der Waals surface area contributed by atoms with Crippen LogP contribution in [0.5, 0.6) is 0 Å². The third-order valence-corrected chi connectivity index (χ3v) is 18.2. The van der Waals surface area contributed by atoms with Crippen molar-refractivity contribution in [1.82, 2.24) is 0 Å². The Morgan fingerprint density at radius 3 is 1.20 bits per heavy atom. The zero-order chi connectivity index (χ0) is 58.5. The van der Waals surface area contributed by atoms with Gasteiger partial charge < -0.3 is 14.2 Å². The zero-order valence-corrected chi connectivity index (χ0v) is 47.6. The summed E-state index contributed by atoms with van der Waals surface area (Å²) in [5.74, 6) is -0.643. The predicted octanol–water partition coefficient (Wildman–Crippen LogP) is 23.0. The Balaban J connectivity index is 1.02. The fourth-order valence-electron chi connectivity index (χ4n) is 14.4. The van der Waals surface area contributed by atoms with Crippen LogP contribution in [0.4, 0.5) is 42.9 Å². The molecule has 1 aromatic heterocycles. The van der Waals surface area contributed by atoms with Crippen molar-refractivity contribution in [3.05, 3.63) is 349 Å². The average molecular weight is 1130 g/mol. The molecule has 1 heterocycles. The van der Waals surface area contributed by atoms with Crippen LogP contribution in [0.15, 0.2) is 320 Å². The first-order valence-electron chi connectivity index (χ1n) is 29.9. The Labute approximate surface area is 508 Å². The molecule has 3 nitrogen and oxygen atoms in total. The number of hydrogen-bond donors (Lipinski definition) is 0. The summed E-state index contributed by atoms with van der Waals surface area (Å²) in [4.78, 5) is 4.67. The van der Waals surface area contributed by atoms with Gasteiger partial charge in [0.2, 0.25) is 0 Å². The summed E-state index contributed by atoms with van der Waals surface area (Å²) >= 11 is 0. The molecule has 0 saturated carbocycles. The van der Waals surface area contributed by atoms with Crippen molar-refractivity contribution in [2.75, 3.05) is 9.80 Å². The Morgan fingerprint density at radius 2 is 0.682 bits per heavy atom. The van der Waals surface area contributed by atoms with E-state index < -0.39 is 5.41 Å². The topological polar surface area (TPSA) is 19.6 Å². The number of hydrogen-bond acceptors (Lipinski definition) is 3. The maximum absolute atomic E-state index is 15.6. The fourth-order valence-corrected chi connectivity index (χ4v) is 14.4. The molecule has 0 amide bonds. The number of fused-ring (bicyclic) bond motifs is 16. The van der Waals surface area contributed by atoms with Crippen molar-refractivity contribution in [2.45, 2.75) is 5.41 Å². The molecule has 0 aliphatic heterocycles. The van der Waals surface area contributed by atoms with E-state index in [2.05, 4.69) is 259 Å². The van der Waals surface area contributed by atoms with Crippen molar-refractivity contribution in [2.24, 2.45) is 0 Å². The van der Waals surface area contributed by atoms with Crippen molar-refractivity contribution in [3.8, 4) is 66.8 Å². The number of furan rings is 1. The third-order valence-electron chi connectivity index (χ3n) is 18.2. The van der Waals surface area contributed by atoms with E-state index in [0.717, 1.165) is 156 Å². The fraction of sp³-hybridized carbons (Fsp3) is 0.0120. The SMILES string of the molecule is Fc1ccc(N(c2ccc(-c3ccccc3)cc2-c2ccccc2)c2cc3c(c4ccccc24)-c2c(cc(N(c4ccc(F)cc4)c4ccc(-c5ccccc5)cc4-c4ccccc4)c4c2oc2ccccc24)C32c3ccccc3-c3ccccc32)cc1. The molecule has 2 aliphatic carbocycles. The van der Waals surface area contributed by atoms with Crippen LogP contribution >= 0.6 is 0 Å². The van der Waals surface area contributed by atoms with Crippen molar-refractivity contribution in [1.29, 1.82) is 0 Å². The molecule has 0 fully saturated rings. The van der Waals surface area contributed by atoms with E-state index in [1.807, 2.05) is 42.5 Å². The highest BCUT2D eigenvalue weighted by molar-refractivity contribution is 6.23. The van der Waals surface area contributed by atoms with Gasteiger partial charge in [-0.1, -0.05) is 224 Å². The van der Waals surface area contributed by atoms with Crippen LogP contribution in [0.1, 0.15) is 22.3 Å². The molecule has 0 unspecified atom stereocenters. The van der Waals surface area contributed by atoms with Crippen molar-refractivity contribution < 1.29 is 13.2 Å². The summed E-state index contributed by atoms with van der Waals surface area (Å²) in [5.41, 5.74) is 23.1. The van der Waals surface area contributed by atoms with Gasteiger partial charge in [-0.2, -0.15) is 0 Å². The first-order valence-corrected chi connectivity index (χ1v) is 29.9. The Morgan fingerprint density at radius 1 is 0.273 bits per heavy atom. The van der Waals surface area contributed by atoms with E-state index in [4.69, 9.17) is 4.42 Å². The zero-order valence-electron chi connectivity index (χ0n) is 47.6. The van der Waals surface area contributed by atoms with Gasteiger partial charge in [0.15, 0.2) is 0 Å². The number of nitrogens with zero attached hydrogens (tertiary/aromatic N) is 2. The number of anilines is 6. The first kappa shape index (κ1) is 51.1. The van der Waals surface area contributed by atoms with Gasteiger partial charge in [-0.05, 0) is 169 Å². The lowest BCUT2D eigenvalue weighted by atomic mass is 9.70. The van der Waals surface area contributed by atoms with Crippen LogP contribution in [-0.4, -0.2) is 0 Å². The molecule has 17 rings (SSSR count). The minimum atomic E-state index is -0.944. The van der Waals surface area contributed by atoms with Gasteiger partial charge in [0, 0.05) is 38.8 Å². The van der Waals surface area contributed by atoms with E-state index in [-0.39, 0.29) is 11.6 Å². The highest BCUT2D eigenvalue weighted by Gasteiger charge is 2.54. The van der Waals surface area contributed by atoms with Gasteiger partial charge in [-0.25, -0.2) is 8.78 Å². The standard InChI is InChI=1S/C83H52F2N2O/c84-59-39-43-61(44-40-59)86(74-47-37-57(53-21-5-1-6-22-53)49-68(74)55-25-9-3-10-26-55)76-51-72-79(66-32-14-13-31-65(66)76)81-73(83(72)70-34-18-15-29-63(70)64-30-16-19-35-71(64)83)52-77(80-67-33-17-20-36-78(67)88-82(80)81)87(62-45-41-60(85)42-46-62)75-48-38-58(54-23-7-2-8-24-54)50-69(75)56-27-11-4-12-28-56/h1-52H. The molecular weight excluding hydrogens is 1080 g/mol. The number of rotatable bonds is 10. The molecule has 0 atom stereocenters. The molecule has 1 spiro atoms. The molecule has 414 valence electrons. The highest BCUT2D eigenvalue weighted by atomic mass is 19.1. The predicted molar refractivity (Wildman–Crippen MR) is 359 cm³/mol. The van der Waals surface area contributed by atoms with E-state index in [9.17, 15) is 0 Å². The van der Waals surface area contributed by atoms with Crippen molar-refractivity contribution >= 4 is 66.8 Å². The molecule has 0 radical (unpaired) electrons. The summed E-state index contributed by atoms with van der Waals surface area (Å²) in [7, 11) is 0. The monoisotopic (exact) mass is 1130 g/mol. The number of halogens is 2. The summed E-state index contributed by atoms with van der Waals surface area (Å²) < 4.78 is 38.6. The number of benzene rings is 14. The normalized spacial score (nSPS) is 12.5. The second-order valence-electron chi connectivity index (χ2n) is 22.9. The molecule has 2 aliphatic rings. The lowest BCUT2D eigenvalue weighted by Crippen LogP contribution is -2.27. The average Bonchev–Trinajstić information content (AvgIpc) is 1.49. The smallest absolute Gasteiger partial charge is 0.145 e. The first-order chi connectivity index (χ1) is 43.5. The van der Waals surface area contributed by atoms with Gasteiger partial charge in [-0.15, -0.1) is 0 Å². The van der Waals surface area contributed by atoms with Crippen LogP contribution in [0.2, 0.25) is 0 Å². The largest absolute Gasteiger partial charge is 0.455 e. The molecule has 14 aromatic carbocycles. The lowest BCUT2D eigenvalue weighted by Gasteiger charge is -2.34. The quantitative estimate of drug-likeness (QED) is 0.136. The van der Waals surface area contributed by atoms with E-state index in [0.29, 0.717) is 0 Å². The summed E-state index contributed by atoms with van der Waals surface area (Å²) in [6.07, 6.45) is 0. The molecule has 0 saturated heterocycles. The van der Waals surface area contributed by atoms with Gasteiger partial charge in [-0.3, -0.25) is 0 Å². The Bertz CT molecular complexity index is 5170. The third kappa shape index (κ3) is 7.87. The highest BCUT2D eigenvalue weighted by Crippen LogP contribution is 2.68. The Hall–Kier alpha value is -11.4. The van der Waals surface area contributed by atoms with Gasteiger partial charge in [0.1, 0.15) is 22.8 Å². The van der Waals surface area contributed by atoms with Crippen molar-refractivity contribution in [3.63, 3.8) is 0 Å². The van der Waals surface area contributed by atoms with E-state index in [1.165, 1.54) is 0 Å². The maximum atomic E-state index is 15.6. The summed E-state index contributed by atoms with van der Waals surface area (Å²) in [5, 5.41) is 3.93. The van der Waals surface area contributed by atoms with Crippen LogP contribution in [0, 0.1) is 11.6 Å². The molecule has 5 heteroatoms. The minimum absolute atomic E-state index is 0.317. The molecule has 88 heavy (non-hydrogen) atoms. The number of para-hydroxylation sites is 1. The lowest BCUT2D eigenvalue weighted by molar-refractivity contribution is 0.627. The second-order valence-corrected chi connectivity index (χ2v) is 22.9. The van der Waals surface area contributed by atoms with Gasteiger partial charge in [0.05, 0.1) is 33.6 Å².